The molecule has 0 saturated carbocycles. The maximum Gasteiger partial charge on any atom is 0.315 e. The highest BCUT2D eigenvalue weighted by molar-refractivity contribution is 5.97. The van der Waals surface area contributed by atoms with Gasteiger partial charge in [-0.3, -0.25) is 4.79 Å². The normalized spacial score (nSPS) is 11.8. The van der Waals surface area contributed by atoms with Crippen molar-refractivity contribution in [1.82, 2.24) is 20.2 Å². The van der Waals surface area contributed by atoms with Gasteiger partial charge < -0.3 is 20.5 Å². The molecule has 34 heavy (non-hydrogen) atoms. The summed E-state index contributed by atoms with van der Waals surface area (Å²) in [5, 5.41) is 8.38. The number of nitrogens with zero attached hydrogens (tertiary/aromatic N) is 2. The van der Waals surface area contributed by atoms with Crippen LogP contribution < -0.4 is 16.0 Å². The molecule has 0 saturated heterocycles. The van der Waals surface area contributed by atoms with Crippen LogP contribution in [0.25, 0.3) is 0 Å². The number of aromatic nitrogens is 2. The molecule has 2 aromatic carbocycles. The van der Waals surface area contributed by atoms with Crippen LogP contribution in [0.15, 0.2) is 60.9 Å². The summed E-state index contributed by atoms with van der Waals surface area (Å²) in [6.45, 7) is 7.05. The molecule has 0 aliphatic rings. The number of rotatable bonds is 10. The van der Waals surface area contributed by atoms with E-state index >= 15 is 0 Å². The fraction of sp³-hybridized carbons (Fsp3) is 0.346. The van der Waals surface area contributed by atoms with Gasteiger partial charge in [-0.05, 0) is 41.8 Å². The number of anilines is 1. The van der Waals surface area contributed by atoms with Crippen molar-refractivity contribution in [2.45, 2.75) is 58.7 Å². The molecular formula is C26H32FN5O2. The molecule has 0 fully saturated rings. The molecule has 7 nitrogen and oxygen atoms in total. The van der Waals surface area contributed by atoms with Crippen LogP contribution in [-0.2, 0) is 17.9 Å². The zero-order valence-electron chi connectivity index (χ0n) is 19.8. The summed E-state index contributed by atoms with van der Waals surface area (Å²) in [6, 6.07) is 12.4. The average Bonchev–Trinajstić information content (AvgIpc) is 3.27. The van der Waals surface area contributed by atoms with Crippen molar-refractivity contribution in [2.24, 2.45) is 0 Å². The summed E-state index contributed by atoms with van der Waals surface area (Å²) in [4.78, 5) is 29.7. The number of carbonyl (C=O) groups is 2. The monoisotopic (exact) mass is 465 g/mol. The van der Waals surface area contributed by atoms with Gasteiger partial charge in [0.1, 0.15) is 17.7 Å². The van der Waals surface area contributed by atoms with Crippen LogP contribution in [0.3, 0.4) is 0 Å². The number of hydrogen-bond acceptors (Lipinski definition) is 3. The Morgan fingerprint density at radius 1 is 1.09 bits per heavy atom. The van der Waals surface area contributed by atoms with Crippen LogP contribution in [0.2, 0.25) is 0 Å². The van der Waals surface area contributed by atoms with Gasteiger partial charge in [-0.2, -0.15) is 0 Å². The van der Waals surface area contributed by atoms with Crippen LogP contribution in [0.4, 0.5) is 14.9 Å². The van der Waals surface area contributed by atoms with E-state index in [-0.39, 0.29) is 18.3 Å². The third kappa shape index (κ3) is 7.16. The summed E-state index contributed by atoms with van der Waals surface area (Å²) < 4.78 is 15.1. The van der Waals surface area contributed by atoms with Crippen molar-refractivity contribution in [1.29, 1.82) is 0 Å². The van der Waals surface area contributed by atoms with Crippen molar-refractivity contribution in [3.8, 4) is 0 Å². The van der Waals surface area contributed by atoms with Crippen molar-refractivity contribution in [3.63, 3.8) is 0 Å². The van der Waals surface area contributed by atoms with Crippen LogP contribution in [0, 0.1) is 5.82 Å². The molecule has 0 aliphatic carbocycles. The van der Waals surface area contributed by atoms with Gasteiger partial charge in [-0.15, -0.1) is 0 Å². The molecule has 0 aliphatic heterocycles. The average molecular weight is 466 g/mol. The molecule has 0 bridgehead atoms. The Balaban J connectivity index is 1.59. The van der Waals surface area contributed by atoms with Gasteiger partial charge in [0.05, 0.1) is 0 Å². The Kier molecular flexibility index (Phi) is 8.79. The Morgan fingerprint density at radius 3 is 2.56 bits per heavy atom. The highest BCUT2D eigenvalue weighted by Crippen LogP contribution is 2.17. The second kappa shape index (κ2) is 12.0. The van der Waals surface area contributed by atoms with Gasteiger partial charge >= 0.3 is 6.03 Å². The van der Waals surface area contributed by atoms with E-state index < -0.39 is 12.1 Å². The number of urea groups is 1. The molecule has 3 amide bonds. The minimum absolute atomic E-state index is 0.237. The van der Waals surface area contributed by atoms with E-state index in [1.165, 1.54) is 12.1 Å². The van der Waals surface area contributed by atoms with E-state index in [9.17, 15) is 14.0 Å². The molecule has 0 radical (unpaired) electrons. The van der Waals surface area contributed by atoms with E-state index in [1.807, 2.05) is 37.4 Å². The Morgan fingerprint density at radius 2 is 1.85 bits per heavy atom. The Bertz CT molecular complexity index is 1090. The fourth-order valence-corrected chi connectivity index (χ4v) is 3.68. The minimum atomic E-state index is -0.678. The van der Waals surface area contributed by atoms with E-state index in [1.54, 1.807) is 18.3 Å². The topological polar surface area (TPSA) is 88.0 Å². The van der Waals surface area contributed by atoms with Crippen LogP contribution in [0.5, 0.6) is 0 Å². The standard InChI is InChI=1S/C26H32FN5O2/c1-4-6-23(31-26(34)29-16-19-9-11-21(27)12-10-19)25(33)30-22-8-5-7-20(15-22)17-32-14-13-28-24(32)18(2)3/h5,7-15,18,23H,4,6,16-17H2,1-3H3,(H,30,33)(H2,29,31,34). The zero-order chi connectivity index (χ0) is 24.5. The summed E-state index contributed by atoms with van der Waals surface area (Å²) in [5.41, 5.74) is 2.47. The second-order valence-electron chi connectivity index (χ2n) is 8.55. The first-order valence-electron chi connectivity index (χ1n) is 11.5. The van der Waals surface area contributed by atoms with E-state index in [4.69, 9.17) is 0 Å². The smallest absolute Gasteiger partial charge is 0.315 e. The lowest BCUT2D eigenvalue weighted by molar-refractivity contribution is -0.118. The number of hydrogen-bond donors (Lipinski definition) is 3. The highest BCUT2D eigenvalue weighted by atomic mass is 19.1. The Labute approximate surface area is 199 Å². The molecule has 180 valence electrons. The molecule has 1 heterocycles. The van der Waals surface area contributed by atoms with Crippen LogP contribution in [0.1, 0.15) is 56.5 Å². The number of nitrogens with one attached hydrogen (secondary N) is 3. The first-order chi connectivity index (χ1) is 16.4. The quantitative estimate of drug-likeness (QED) is 0.402. The van der Waals surface area contributed by atoms with Crippen molar-refractivity contribution < 1.29 is 14.0 Å². The van der Waals surface area contributed by atoms with Gasteiger partial charge in [0, 0.05) is 37.1 Å². The van der Waals surface area contributed by atoms with Crippen molar-refractivity contribution in [3.05, 3.63) is 83.7 Å². The molecule has 0 spiro atoms. The number of halogens is 1. The lowest BCUT2D eigenvalue weighted by atomic mass is 10.1. The molecule has 3 N–H and O–H groups in total. The van der Waals surface area contributed by atoms with Gasteiger partial charge in [0.2, 0.25) is 5.91 Å². The lowest BCUT2D eigenvalue weighted by Gasteiger charge is -2.19. The SMILES string of the molecule is CCCC(NC(=O)NCc1ccc(F)cc1)C(=O)Nc1cccc(Cn2ccnc2C(C)C)c1. The number of carbonyl (C=O) groups excluding carboxylic acids is 2. The maximum absolute atomic E-state index is 13.0. The minimum Gasteiger partial charge on any atom is -0.334 e. The summed E-state index contributed by atoms with van der Waals surface area (Å²) in [7, 11) is 0. The number of amides is 3. The summed E-state index contributed by atoms with van der Waals surface area (Å²) in [6.07, 6.45) is 4.98. The van der Waals surface area contributed by atoms with Gasteiger partial charge in [-0.25, -0.2) is 14.2 Å². The summed E-state index contributed by atoms with van der Waals surface area (Å²) in [5.74, 6) is 0.713. The molecule has 1 unspecified atom stereocenters. The Hall–Kier alpha value is -3.68. The molecule has 1 aromatic heterocycles. The third-order valence-electron chi connectivity index (χ3n) is 5.38. The fourth-order valence-electron chi connectivity index (χ4n) is 3.68. The third-order valence-corrected chi connectivity index (χ3v) is 5.38. The maximum atomic E-state index is 13.0. The predicted octanol–water partition coefficient (Wildman–Crippen LogP) is 4.80. The second-order valence-corrected chi connectivity index (χ2v) is 8.55. The van der Waals surface area contributed by atoms with E-state index in [0.717, 1.165) is 23.4 Å². The van der Waals surface area contributed by atoms with Gasteiger partial charge in [-0.1, -0.05) is 51.5 Å². The number of imidazole rings is 1. The number of benzene rings is 2. The van der Waals surface area contributed by atoms with Crippen LogP contribution >= 0.6 is 0 Å². The molecule has 3 rings (SSSR count). The van der Waals surface area contributed by atoms with E-state index in [0.29, 0.717) is 24.6 Å². The zero-order valence-corrected chi connectivity index (χ0v) is 19.8. The highest BCUT2D eigenvalue weighted by Gasteiger charge is 2.20. The van der Waals surface area contributed by atoms with Crippen molar-refractivity contribution in [2.75, 3.05) is 5.32 Å². The predicted molar refractivity (Wildman–Crippen MR) is 131 cm³/mol. The van der Waals surface area contributed by atoms with Gasteiger partial charge in [0.25, 0.3) is 0 Å². The largest absolute Gasteiger partial charge is 0.334 e. The molecule has 8 heteroatoms. The summed E-state index contributed by atoms with van der Waals surface area (Å²) >= 11 is 0. The molecular weight excluding hydrogens is 433 g/mol. The van der Waals surface area contributed by atoms with Gasteiger partial charge in [0.15, 0.2) is 0 Å². The first kappa shape index (κ1) is 25.0. The van der Waals surface area contributed by atoms with E-state index in [2.05, 4.69) is 39.3 Å². The van der Waals surface area contributed by atoms with Crippen molar-refractivity contribution >= 4 is 17.6 Å². The lowest BCUT2D eigenvalue weighted by Crippen LogP contribution is -2.47. The first-order valence-corrected chi connectivity index (χ1v) is 11.5. The van der Waals surface area contributed by atoms with Crippen LogP contribution in [-0.4, -0.2) is 27.5 Å². The molecule has 1 atom stereocenters. The molecule has 3 aromatic rings.